The Labute approximate surface area is 98.6 Å². The summed E-state index contributed by atoms with van der Waals surface area (Å²) in [5.74, 6) is 0.569. The molecule has 1 saturated heterocycles. The predicted octanol–water partition coefficient (Wildman–Crippen LogP) is 0.0512. The van der Waals surface area contributed by atoms with Crippen LogP contribution in [-0.4, -0.2) is 60.5 Å². The van der Waals surface area contributed by atoms with E-state index in [1.807, 2.05) is 0 Å². The van der Waals surface area contributed by atoms with E-state index in [1.165, 1.54) is 0 Å². The third kappa shape index (κ3) is 4.78. The zero-order valence-electron chi connectivity index (χ0n) is 10.4. The molecule has 0 aliphatic carbocycles. The molecule has 2 unspecified atom stereocenters. The number of hydrogen-bond donors (Lipinski definition) is 3. The van der Waals surface area contributed by atoms with E-state index in [0.717, 1.165) is 45.4 Å². The van der Waals surface area contributed by atoms with Crippen molar-refractivity contribution in [1.29, 1.82) is 0 Å². The van der Waals surface area contributed by atoms with Gasteiger partial charge in [0.25, 0.3) is 0 Å². The highest BCUT2D eigenvalue weighted by Crippen LogP contribution is 2.19. The van der Waals surface area contributed by atoms with Crippen LogP contribution in [0.4, 0.5) is 0 Å². The molecule has 0 radical (unpaired) electrons. The first-order valence-corrected chi connectivity index (χ1v) is 6.47. The lowest BCUT2D eigenvalue weighted by Gasteiger charge is -2.38. The Bertz CT molecular complexity index is 164. The van der Waals surface area contributed by atoms with Gasteiger partial charge < -0.3 is 15.5 Å². The Morgan fingerprint density at radius 3 is 2.69 bits per heavy atom. The summed E-state index contributed by atoms with van der Waals surface area (Å²) in [6.45, 7) is 6.54. The number of nitrogens with zero attached hydrogens (tertiary/aromatic N) is 1. The standard InChI is InChI=1S/C12H26N2O2/c1-2-4-13-12-8-11(3-6-15)9-14(10-12)5-7-16/h11-13,15-16H,2-10H2,1H3. The van der Waals surface area contributed by atoms with Crippen LogP contribution in [0, 0.1) is 5.92 Å². The third-order valence-electron chi connectivity index (χ3n) is 3.25. The van der Waals surface area contributed by atoms with E-state index < -0.39 is 0 Å². The quantitative estimate of drug-likeness (QED) is 0.578. The molecular weight excluding hydrogens is 204 g/mol. The van der Waals surface area contributed by atoms with Crippen molar-refractivity contribution in [2.24, 2.45) is 5.92 Å². The molecule has 3 N–H and O–H groups in total. The van der Waals surface area contributed by atoms with Gasteiger partial charge in [0.15, 0.2) is 0 Å². The van der Waals surface area contributed by atoms with Crippen LogP contribution < -0.4 is 5.32 Å². The van der Waals surface area contributed by atoms with E-state index in [4.69, 9.17) is 10.2 Å². The summed E-state index contributed by atoms with van der Waals surface area (Å²) < 4.78 is 0. The van der Waals surface area contributed by atoms with Gasteiger partial charge in [-0.15, -0.1) is 0 Å². The topological polar surface area (TPSA) is 55.7 Å². The number of likely N-dealkylation sites (tertiary alicyclic amines) is 1. The van der Waals surface area contributed by atoms with Crippen molar-refractivity contribution in [3.8, 4) is 0 Å². The number of aliphatic hydroxyl groups is 2. The van der Waals surface area contributed by atoms with Crippen molar-refractivity contribution in [3.63, 3.8) is 0 Å². The molecule has 1 fully saturated rings. The van der Waals surface area contributed by atoms with Gasteiger partial charge in [-0.25, -0.2) is 0 Å². The Balaban J connectivity index is 2.38. The van der Waals surface area contributed by atoms with Crippen molar-refractivity contribution in [3.05, 3.63) is 0 Å². The summed E-state index contributed by atoms with van der Waals surface area (Å²) in [5, 5.41) is 21.5. The molecule has 96 valence electrons. The fraction of sp³-hybridized carbons (Fsp3) is 1.00. The van der Waals surface area contributed by atoms with Gasteiger partial charge in [-0.1, -0.05) is 6.92 Å². The van der Waals surface area contributed by atoms with E-state index >= 15 is 0 Å². The van der Waals surface area contributed by atoms with Gasteiger partial charge in [-0.05, 0) is 31.7 Å². The number of β-amino-alcohol motifs (C(OH)–C–C–N with tert-alkyl or cyclic N) is 1. The molecule has 0 aromatic heterocycles. The molecule has 0 spiro atoms. The molecule has 4 nitrogen and oxygen atoms in total. The van der Waals surface area contributed by atoms with Crippen LogP contribution in [-0.2, 0) is 0 Å². The number of hydrogen-bond acceptors (Lipinski definition) is 4. The smallest absolute Gasteiger partial charge is 0.0558 e. The van der Waals surface area contributed by atoms with Gasteiger partial charge in [-0.2, -0.15) is 0 Å². The van der Waals surface area contributed by atoms with Gasteiger partial charge in [0.1, 0.15) is 0 Å². The summed E-state index contributed by atoms with van der Waals surface area (Å²) in [6, 6.07) is 0.525. The van der Waals surface area contributed by atoms with E-state index in [9.17, 15) is 0 Å². The van der Waals surface area contributed by atoms with Crippen LogP contribution in [0.15, 0.2) is 0 Å². The number of aliphatic hydroxyl groups excluding tert-OH is 2. The van der Waals surface area contributed by atoms with Crippen molar-refractivity contribution >= 4 is 0 Å². The van der Waals surface area contributed by atoms with Crippen molar-refractivity contribution in [1.82, 2.24) is 10.2 Å². The first kappa shape index (κ1) is 13.9. The van der Waals surface area contributed by atoms with Crippen LogP contribution in [0.5, 0.6) is 0 Å². The second kappa shape index (κ2) is 8.01. The maximum Gasteiger partial charge on any atom is 0.0558 e. The van der Waals surface area contributed by atoms with E-state index in [0.29, 0.717) is 12.0 Å². The average molecular weight is 230 g/mol. The summed E-state index contributed by atoms with van der Waals surface area (Å²) in [6.07, 6.45) is 3.19. The maximum atomic E-state index is 9.01. The number of rotatable bonds is 7. The molecule has 0 saturated carbocycles. The van der Waals surface area contributed by atoms with Gasteiger partial charge in [0.2, 0.25) is 0 Å². The predicted molar refractivity (Wildman–Crippen MR) is 65.4 cm³/mol. The highest BCUT2D eigenvalue weighted by molar-refractivity contribution is 4.83. The largest absolute Gasteiger partial charge is 0.396 e. The monoisotopic (exact) mass is 230 g/mol. The van der Waals surface area contributed by atoms with Gasteiger partial charge in [-0.3, -0.25) is 4.90 Å². The zero-order chi connectivity index (χ0) is 11.8. The summed E-state index contributed by atoms with van der Waals surface area (Å²) >= 11 is 0. The molecule has 1 heterocycles. The lowest BCUT2D eigenvalue weighted by atomic mass is 9.91. The Morgan fingerprint density at radius 1 is 1.25 bits per heavy atom. The maximum absolute atomic E-state index is 9.01. The summed E-state index contributed by atoms with van der Waals surface area (Å²) in [7, 11) is 0. The molecule has 16 heavy (non-hydrogen) atoms. The normalized spacial score (nSPS) is 27.2. The fourth-order valence-electron chi connectivity index (χ4n) is 2.51. The van der Waals surface area contributed by atoms with Crippen LogP contribution in [0.1, 0.15) is 26.2 Å². The zero-order valence-corrected chi connectivity index (χ0v) is 10.4. The highest BCUT2D eigenvalue weighted by atomic mass is 16.3. The molecule has 1 aliphatic heterocycles. The second-order valence-corrected chi connectivity index (χ2v) is 4.75. The van der Waals surface area contributed by atoms with E-state index in [-0.39, 0.29) is 13.2 Å². The minimum Gasteiger partial charge on any atom is -0.396 e. The van der Waals surface area contributed by atoms with Crippen LogP contribution in [0.3, 0.4) is 0 Å². The molecular formula is C12H26N2O2. The van der Waals surface area contributed by atoms with Crippen molar-refractivity contribution in [2.75, 3.05) is 39.4 Å². The lowest BCUT2D eigenvalue weighted by molar-refractivity contribution is 0.102. The SMILES string of the molecule is CCCNC1CC(CCO)CN(CCO)C1. The average Bonchev–Trinajstić information content (AvgIpc) is 2.27. The molecule has 4 heteroatoms. The third-order valence-corrected chi connectivity index (χ3v) is 3.25. The molecule has 0 bridgehead atoms. The van der Waals surface area contributed by atoms with Crippen LogP contribution >= 0.6 is 0 Å². The second-order valence-electron chi connectivity index (χ2n) is 4.75. The molecule has 1 rings (SSSR count). The van der Waals surface area contributed by atoms with Gasteiger partial charge in [0, 0.05) is 32.3 Å². The Morgan fingerprint density at radius 2 is 2.06 bits per heavy atom. The fourth-order valence-corrected chi connectivity index (χ4v) is 2.51. The first-order chi connectivity index (χ1) is 7.80. The van der Waals surface area contributed by atoms with Gasteiger partial charge >= 0.3 is 0 Å². The molecule has 0 aromatic carbocycles. The molecule has 0 amide bonds. The summed E-state index contributed by atoms with van der Waals surface area (Å²) in [4.78, 5) is 2.30. The molecule has 1 aliphatic rings. The lowest BCUT2D eigenvalue weighted by Crippen LogP contribution is -2.50. The van der Waals surface area contributed by atoms with E-state index in [1.54, 1.807) is 0 Å². The first-order valence-electron chi connectivity index (χ1n) is 6.47. The number of nitrogens with one attached hydrogen (secondary N) is 1. The minimum atomic E-state index is 0.229. The van der Waals surface area contributed by atoms with Crippen LogP contribution in [0.2, 0.25) is 0 Å². The number of piperidine rings is 1. The van der Waals surface area contributed by atoms with Crippen LogP contribution in [0.25, 0.3) is 0 Å². The molecule has 0 aromatic rings. The van der Waals surface area contributed by atoms with Crippen molar-refractivity contribution in [2.45, 2.75) is 32.2 Å². The highest BCUT2D eigenvalue weighted by Gasteiger charge is 2.25. The molecule has 2 atom stereocenters. The van der Waals surface area contributed by atoms with E-state index in [2.05, 4.69) is 17.1 Å². The summed E-state index contributed by atoms with van der Waals surface area (Å²) in [5.41, 5.74) is 0. The minimum absolute atomic E-state index is 0.229. The Hall–Kier alpha value is -0.160. The Kier molecular flexibility index (Phi) is 6.96. The van der Waals surface area contributed by atoms with Crippen molar-refractivity contribution < 1.29 is 10.2 Å². The van der Waals surface area contributed by atoms with Gasteiger partial charge in [0.05, 0.1) is 6.61 Å².